The third-order valence-corrected chi connectivity index (χ3v) is 2.62. The third kappa shape index (κ3) is 3.56. The van der Waals surface area contributed by atoms with E-state index in [0.29, 0.717) is 17.3 Å². The van der Waals surface area contributed by atoms with Crippen LogP contribution in [0.1, 0.15) is 22.7 Å². The molecule has 0 bridgehead atoms. The van der Waals surface area contributed by atoms with Crippen LogP contribution >= 0.6 is 11.6 Å². The monoisotopic (exact) mass is 264 g/mol. The summed E-state index contributed by atoms with van der Waals surface area (Å²) in [5.41, 5.74) is 0.334. The van der Waals surface area contributed by atoms with Gasteiger partial charge in [-0.15, -0.1) is 0 Å². The van der Waals surface area contributed by atoms with Gasteiger partial charge in [0.05, 0.1) is 0 Å². The molecule has 2 aromatic rings. The summed E-state index contributed by atoms with van der Waals surface area (Å²) in [6, 6.07) is 3.18. The summed E-state index contributed by atoms with van der Waals surface area (Å²) in [6.07, 6.45) is 6.63. The van der Waals surface area contributed by atoms with Crippen molar-refractivity contribution >= 4 is 17.5 Å². The molecule has 0 aromatic carbocycles. The Morgan fingerprint density at radius 3 is 3.00 bits per heavy atom. The summed E-state index contributed by atoms with van der Waals surface area (Å²) in [5, 5.41) is 3.29. The van der Waals surface area contributed by atoms with E-state index in [0.717, 1.165) is 18.7 Å². The maximum atomic E-state index is 11.7. The van der Waals surface area contributed by atoms with Gasteiger partial charge in [-0.05, 0) is 18.6 Å². The van der Waals surface area contributed by atoms with E-state index < -0.39 is 0 Å². The van der Waals surface area contributed by atoms with Gasteiger partial charge in [0, 0.05) is 36.6 Å². The second kappa shape index (κ2) is 6.16. The lowest BCUT2D eigenvalue weighted by Crippen LogP contribution is -2.25. The SMILES string of the molecule is O=C(NCCCc1ncc[nH]1)c1cc(Cl)ccn1. The van der Waals surface area contributed by atoms with Gasteiger partial charge in [-0.2, -0.15) is 0 Å². The molecule has 0 radical (unpaired) electrons. The number of nitrogens with one attached hydrogen (secondary N) is 2. The fourth-order valence-corrected chi connectivity index (χ4v) is 1.67. The van der Waals surface area contributed by atoms with E-state index in [1.807, 2.05) is 0 Å². The summed E-state index contributed by atoms with van der Waals surface area (Å²) in [6.45, 7) is 0.577. The molecule has 6 heteroatoms. The molecule has 0 aliphatic carbocycles. The molecule has 0 aliphatic heterocycles. The van der Waals surface area contributed by atoms with Gasteiger partial charge in [0.15, 0.2) is 0 Å². The van der Waals surface area contributed by atoms with Gasteiger partial charge in [-0.25, -0.2) is 4.98 Å². The van der Waals surface area contributed by atoms with Crippen LogP contribution < -0.4 is 5.32 Å². The molecule has 94 valence electrons. The van der Waals surface area contributed by atoms with Crippen LogP contribution in [0.25, 0.3) is 0 Å². The molecule has 0 saturated heterocycles. The molecule has 0 unspecified atom stereocenters. The van der Waals surface area contributed by atoms with Crippen LogP contribution in [0.2, 0.25) is 5.02 Å². The quantitative estimate of drug-likeness (QED) is 0.810. The number of carbonyl (C=O) groups is 1. The van der Waals surface area contributed by atoms with Crippen molar-refractivity contribution in [1.82, 2.24) is 20.3 Å². The predicted molar refractivity (Wildman–Crippen MR) is 68.5 cm³/mol. The Morgan fingerprint density at radius 2 is 2.28 bits per heavy atom. The smallest absolute Gasteiger partial charge is 0.269 e. The average molecular weight is 265 g/mol. The van der Waals surface area contributed by atoms with E-state index in [2.05, 4.69) is 20.3 Å². The zero-order chi connectivity index (χ0) is 12.8. The van der Waals surface area contributed by atoms with Crippen molar-refractivity contribution in [1.29, 1.82) is 0 Å². The molecular formula is C12H13ClN4O. The first-order chi connectivity index (χ1) is 8.75. The third-order valence-electron chi connectivity index (χ3n) is 2.39. The lowest BCUT2D eigenvalue weighted by molar-refractivity contribution is 0.0948. The van der Waals surface area contributed by atoms with Crippen LogP contribution in [0.5, 0.6) is 0 Å². The van der Waals surface area contributed by atoms with Crippen LogP contribution in [0.3, 0.4) is 0 Å². The zero-order valence-corrected chi connectivity index (χ0v) is 10.4. The number of imidazole rings is 1. The molecule has 2 rings (SSSR count). The number of aromatic amines is 1. The Bertz CT molecular complexity index is 513. The largest absolute Gasteiger partial charge is 0.351 e. The topological polar surface area (TPSA) is 70.7 Å². The van der Waals surface area contributed by atoms with Crippen molar-refractivity contribution in [2.24, 2.45) is 0 Å². The summed E-state index contributed by atoms with van der Waals surface area (Å²) in [7, 11) is 0. The summed E-state index contributed by atoms with van der Waals surface area (Å²) in [4.78, 5) is 22.8. The van der Waals surface area contributed by atoms with E-state index in [1.165, 1.54) is 6.20 Å². The van der Waals surface area contributed by atoms with Crippen molar-refractivity contribution in [3.8, 4) is 0 Å². The van der Waals surface area contributed by atoms with Gasteiger partial charge in [0.25, 0.3) is 5.91 Å². The fourth-order valence-electron chi connectivity index (χ4n) is 1.51. The normalized spacial score (nSPS) is 10.3. The van der Waals surface area contributed by atoms with E-state index >= 15 is 0 Å². The molecule has 2 N–H and O–H groups in total. The van der Waals surface area contributed by atoms with E-state index in [1.54, 1.807) is 24.5 Å². The zero-order valence-electron chi connectivity index (χ0n) is 9.69. The maximum Gasteiger partial charge on any atom is 0.269 e. The molecule has 0 aliphatic rings. The number of aryl methyl sites for hydroxylation is 1. The van der Waals surface area contributed by atoms with Crippen LogP contribution in [0.15, 0.2) is 30.7 Å². The van der Waals surface area contributed by atoms with Crippen molar-refractivity contribution in [3.05, 3.63) is 47.3 Å². The standard InChI is InChI=1S/C12H13ClN4O/c13-9-3-5-14-10(8-9)12(18)17-4-1-2-11-15-6-7-16-11/h3,5-8H,1-2,4H2,(H,15,16)(H,17,18). The molecule has 0 saturated carbocycles. The molecule has 0 fully saturated rings. The van der Waals surface area contributed by atoms with Crippen molar-refractivity contribution < 1.29 is 4.79 Å². The number of pyridine rings is 1. The van der Waals surface area contributed by atoms with Gasteiger partial charge >= 0.3 is 0 Å². The lowest BCUT2D eigenvalue weighted by atomic mass is 10.3. The Labute approximate surface area is 110 Å². The van der Waals surface area contributed by atoms with E-state index in [-0.39, 0.29) is 5.91 Å². The molecule has 2 heterocycles. The van der Waals surface area contributed by atoms with Crippen LogP contribution in [0.4, 0.5) is 0 Å². The molecular weight excluding hydrogens is 252 g/mol. The number of carbonyl (C=O) groups excluding carboxylic acids is 1. The van der Waals surface area contributed by atoms with Crippen LogP contribution in [-0.4, -0.2) is 27.4 Å². The summed E-state index contributed by atoms with van der Waals surface area (Å²) >= 11 is 5.79. The number of halogens is 1. The van der Waals surface area contributed by atoms with Crippen molar-refractivity contribution in [2.45, 2.75) is 12.8 Å². The minimum atomic E-state index is -0.211. The van der Waals surface area contributed by atoms with Gasteiger partial charge in [-0.3, -0.25) is 9.78 Å². The lowest BCUT2D eigenvalue weighted by Gasteiger charge is -2.04. The Kier molecular flexibility index (Phi) is 4.30. The number of hydrogen-bond acceptors (Lipinski definition) is 3. The minimum Gasteiger partial charge on any atom is -0.351 e. The number of aromatic nitrogens is 3. The Morgan fingerprint density at radius 1 is 1.39 bits per heavy atom. The average Bonchev–Trinajstić information content (AvgIpc) is 2.87. The maximum absolute atomic E-state index is 11.7. The Hall–Kier alpha value is -1.88. The Balaban J connectivity index is 1.75. The second-order valence-corrected chi connectivity index (χ2v) is 4.19. The highest BCUT2D eigenvalue weighted by atomic mass is 35.5. The van der Waals surface area contributed by atoms with Gasteiger partial charge in [0.1, 0.15) is 11.5 Å². The minimum absolute atomic E-state index is 0.211. The molecule has 2 aromatic heterocycles. The molecule has 5 nitrogen and oxygen atoms in total. The highest BCUT2D eigenvalue weighted by Crippen LogP contribution is 2.07. The van der Waals surface area contributed by atoms with Gasteiger partial charge in [0.2, 0.25) is 0 Å². The highest BCUT2D eigenvalue weighted by Gasteiger charge is 2.06. The van der Waals surface area contributed by atoms with E-state index in [9.17, 15) is 4.79 Å². The molecule has 18 heavy (non-hydrogen) atoms. The van der Waals surface area contributed by atoms with Gasteiger partial charge in [-0.1, -0.05) is 11.6 Å². The number of H-pyrrole nitrogens is 1. The second-order valence-electron chi connectivity index (χ2n) is 3.75. The number of nitrogens with zero attached hydrogens (tertiary/aromatic N) is 2. The predicted octanol–water partition coefficient (Wildman–Crippen LogP) is 1.82. The fraction of sp³-hybridized carbons (Fsp3) is 0.250. The first-order valence-corrected chi connectivity index (χ1v) is 6.01. The first kappa shape index (κ1) is 12.6. The number of rotatable bonds is 5. The first-order valence-electron chi connectivity index (χ1n) is 5.64. The van der Waals surface area contributed by atoms with Crippen molar-refractivity contribution in [3.63, 3.8) is 0 Å². The molecule has 0 atom stereocenters. The highest BCUT2D eigenvalue weighted by molar-refractivity contribution is 6.30. The van der Waals surface area contributed by atoms with Crippen molar-refractivity contribution in [2.75, 3.05) is 6.54 Å². The summed E-state index contributed by atoms with van der Waals surface area (Å²) in [5.74, 6) is 0.710. The number of amides is 1. The number of hydrogen-bond donors (Lipinski definition) is 2. The van der Waals surface area contributed by atoms with Crippen LogP contribution in [0, 0.1) is 0 Å². The van der Waals surface area contributed by atoms with Crippen LogP contribution in [-0.2, 0) is 6.42 Å². The van der Waals surface area contributed by atoms with Gasteiger partial charge < -0.3 is 10.3 Å². The summed E-state index contributed by atoms with van der Waals surface area (Å²) < 4.78 is 0. The molecule has 1 amide bonds. The molecule has 0 spiro atoms. The van der Waals surface area contributed by atoms with E-state index in [4.69, 9.17) is 11.6 Å².